The number of ether oxygens (including phenoxy) is 1. The second-order valence-electron chi connectivity index (χ2n) is 3.68. The number of nitrogens with two attached hydrogens (primary N) is 1. The first kappa shape index (κ1) is 13.7. The molecular formula is C13H10BrClN2O2. The van der Waals surface area contributed by atoms with Gasteiger partial charge in [-0.25, -0.2) is 0 Å². The molecule has 0 aliphatic heterocycles. The first-order valence-corrected chi connectivity index (χ1v) is 6.48. The highest BCUT2D eigenvalue weighted by Gasteiger charge is 2.10. The summed E-state index contributed by atoms with van der Waals surface area (Å²) in [5, 5.41) is 12.2. The van der Waals surface area contributed by atoms with E-state index in [0.717, 1.165) is 4.47 Å². The average molecular weight is 342 g/mol. The van der Waals surface area contributed by atoms with Crippen LogP contribution in [0, 0.1) is 0 Å². The molecule has 0 spiro atoms. The summed E-state index contributed by atoms with van der Waals surface area (Å²) in [5.74, 6) is 1.01. The lowest BCUT2D eigenvalue weighted by Crippen LogP contribution is -2.14. The lowest BCUT2D eigenvalue weighted by Gasteiger charge is -2.10. The molecular weight excluding hydrogens is 332 g/mol. The summed E-state index contributed by atoms with van der Waals surface area (Å²) in [6.07, 6.45) is 0. The Morgan fingerprint density at radius 1 is 1.21 bits per heavy atom. The quantitative estimate of drug-likeness (QED) is 0.384. The monoisotopic (exact) mass is 340 g/mol. The predicted molar refractivity (Wildman–Crippen MR) is 78.2 cm³/mol. The summed E-state index contributed by atoms with van der Waals surface area (Å²) in [4.78, 5) is 0. The van der Waals surface area contributed by atoms with E-state index in [4.69, 9.17) is 27.3 Å². The second kappa shape index (κ2) is 5.95. The number of oxime groups is 1. The summed E-state index contributed by atoms with van der Waals surface area (Å²) >= 11 is 9.27. The molecule has 0 heterocycles. The van der Waals surface area contributed by atoms with Gasteiger partial charge < -0.3 is 15.7 Å². The summed E-state index contributed by atoms with van der Waals surface area (Å²) in [5.41, 5.74) is 6.06. The van der Waals surface area contributed by atoms with E-state index in [1.165, 1.54) is 0 Å². The lowest BCUT2D eigenvalue weighted by atomic mass is 10.2. The number of benzene rings is 2. The van der Waals surface area contributed by atoms with Crippen LogP contribution < -0.4 is 10.5 Å². The molecule has 0 fully saturated rings. The topological polar surface area (TPSA) is 67.8 Å². The van der Waals surface area contributed by atoms with E-state index in [2.05, 4.69) is 21.1 Å². The summed E-state index contributed by atoms with van der Waals surface area (Å²) < 4.78 is 6.64. The van der Waals surface area contributed by atoms with E-state index in [1.54, 1.807) is 30.3 Å². The van der Waals surface area contributed by atoms with Crippen molar-refractivity contribution in [3.63, 3.8) is 0 Å². The van der Waals surface area contributed by atoms with Gasteiger partial charge in [0.1, 0.15) is 11.5 Å². The van der Waals surface area contributed by atoms with Crippen LogP contribution in [0.1, 0.15) is 5.56 Å². The van der Waals surface area contributed by atoms with Crippen molar-refractivity contribution in [2.75, 3.05) is 0 Å². The highest BCUT2D eigenvalue weighted by atomic mass is 79.9. The summed E-state index contributed by atoms with van der Waals surface area (Å²) in [6, 6.07) is 12.2. The molecule has 0 atom stereocenters. The van der Waals surface area contributed by atoms with Gasteiger partial charge in [-0.1, -0.05) is 32.7 Å². The van der Waals surface area contributed by atoms with Crippen molar-refractivity contribution in [2.45, 2.75) is 0 Å². The zero-order valence-corrected chi connectivity index (χ0v) is 12.0. The van der Waals surface area contributed by atoms with Crippen LogP contribution in [0.3, 0.4) is 0 Å². The second-order valence-corrected chi connectivity index (χ2v) is 5.03. The fourth-order valence-electron chi connectivity index (χ4n) is 1.48. The first-order chi connectivity index (χ1) is 9.10. The molecule has 6 heteroatoms. The van der Waals surface area contributed by atoms with Gasteiger partial charge in [0.25, 0.3) is 0 Å². The van der Waals surface area contributed by atoms with Crippen LogP contribution in [0.4, 0.5) is 0 Å². The van der Waals surface area contributed by atoms with Crippen LogP contribution in [0.15, 0.2) is 52.1 Å². The van der Waals surface area contributed by atoms with Gasteiger partial charge in [-0.2, -0.15) is 0 Å². The third kappa shape index (κ3) is 3.39. The number of rotatable bonds is 3. The molecule has 0 saturated heterocycles. The number of amidine groups is 1. The smallest absolute Gasteiger partial charge is 0.173 e. The van der Waals surface area contributed by atoms with E-state index in [-0.39, 0.29) is 5.84 Å². The van der Waals surface area contributed by atoms with Crippen LogP contribution >= 0.6 is 27.5 Å². The summed E-state index contributed by atoms with van der Waals surface area (Å²) in [6.45, 7) is 0. The third-order valence-electron chi connectivity index (χ3n) is 2.37. The zero-order valence-electron chi connectivity index (χ0n) is 9.68. The lowest BCUT2D eigenvalue weighted by molar-refractivity contribution is 0.318. The van der Waals surface area contributed by atoms with Crippen LogP contribution in [-0.2, 0) is 0 Å². The Hall–Kier alpha value is -1.72. The Morgan fingerprint density at radius 3 is 2.53 bits per heavy atom. The van der Waals surface area contributed by atoms with E-state index >= 15 is 0 Å². The zero-order chi connectivity index (χ0) is 13.8. The van der Waals surface area contributed by atoms with Crippen molar-refractivity contribution in [3.05, 3.63) is 57.5 Å². The number of nitrogens with zero attached hydrogens (tertiary/aromatic N) is 1. The van der Waals surface area contributed by atoms with Crippen LogP contribution in [0.2, 0.25) is 5.02 Å². The standard InChI is InChI=1S/C13H10BrClN2O2/c14-8-1-4-10(5-2-8)19-12-7-9(15)3-6-11(12)13(16)17-18/h1-7,18H,(H2,16,17). The maximum Gasteiger partial charge on any atom is 0.173 e. The Balaban J connectivity index is 2.38. The minimum Gasteiger partial charge on any atom is -0.457 e. The average Bonchev–Trinajstić information content (AvgIpc) is 2.41. The number of hydrogen-bond donors (Lipinski definition) is 2. The van der Waals surface area contributed by atoms with E-state index in [9.17, 15) is 0 Å². The van der Waals surface area contributed by atoms with Gasteiger partial charge in [-0.15, -0.1) is 0 Å². The van der Waals surface area contributed by atoms with Crippen molar-refractivity contribution < 1.29 is 9.94 Å². The normalized spacial score (nSPS) is 11.4. The van der Waals surface area contributed by atoms with Gasteiger partial charge in [-0.3, -0.25) is 0 Å². The van der Waals surface area contributed by atoms with Gasteiger partial charge in [0.2, 0.25) is 0 Å². The van der Waals surface area contributed by atoms with Crippen molar-refractivity contribution in [1.82, 2.24) is 0 Å². The Labute approximate surface area is 123 Å². The maximum absolute atomic E-state index is 8.75. The predicted octanol–water partition coefficient (Wildman–Crippen LogP) is 3.99. The molecule has 2 aromatic rings. The number of halogens is 2. The van der Waals surface area contributed by atoms with Gasteiger partial charge in [0.05, 0.1) is 5.56 Å². The minimum atomic E-state index is -0.0382. The Morgan fingerprint density at radius 2 is 1.89 bits per heavy atom. The molecule has 0 amide bonds. The van der Waals surface area contributed by atoms with E-state index < -0.39 is 0 Å². The molecule has 0 unspecified atom stereocenters. The van der Waals surface area contributed by atoms with Gasteiger partial charge in [0, 0.05) is 15.6 Å². The van der Waals surface area contributed by atoms with Crippen molar-refractivity contribution in [3.8, 4) is 11.5 Å². The van der Waals surface area contributed by atoms with Crippen molar-refractivity contribution in [2.24, 2.45) is 10.9 Å². The van der Waals surface area contributed by atoms with Crippen LogP contribution in [-0.4, -0.2) is 11.0 Å². The van der Waals surface area contributed by atoms with Crippen molar-refractivity contribution in [1.29, 1.82) is 0 Å². The molecule has 0 aromatic heterocycles. The molecule has 2 aromatic carbocycles. The molecule has 0 saturated carbocycles. The molecule has 19 heavy (non-hydrogen) atoms. The van der Waals surface area contributed by atoms with Gasteiger partial charge in [0.15, 0.2) is 5.84 Å². The molecule has 0 aliphatic rings. The molecule has 0 aliphatic carbocycles. The third-order valence-corrected chi connectivity index (χ3v) is 3.13. The Bertz CT molecular complexity index is 615. The van der Waals surface area contributed by atoms with E-state index in [1.807, 2.05) is 12.1 Å². The first-order valence-electron chi connectivity index (χ1n) is 5.31. The molecule has 4 nitrogen and oxygen atoms in total. The van der Waals surface area contributed by atoms with Gasteiger partial charge >= 0.3 is 0 Å². The molecule has 0 bridgehead atoms. The SMILES string of the molecule is NC(=NO)c1ccc(Cl)cc1Oc1ccc(Br)cc1. The van der Waals surface area contributed by atoms with Crippen LogP contribution in [0.5, 0.6) is 11.5 Å². The highest BCUT2D eigenvalue weighted by molar-refractivity contribution is 9.10. The minimum absolute atomic E-state index is 0.0382. The maximum atomic E-state index is 8.75. The van der Waals surface area contributed by atoms with E-state index in [0.29, 0.717) is 22.1 Å². The fourth-order valence-corrected chi connectivity index (χ4v) is 1.90. The van der Waals surface area contributed by atoms with Crippen LogP contribution in [0.25, 0.3) is 0 Å². The largest absolute Gasteiger partial charge is 0.457 e. The fraction of sp³-hybridized carbons (Fsp3) is 0. The van der Waals surface area contributed by atoms with Crippen molar-refractivity contribution >= 4 is 33.4 Å². The summed E-state index contributed by atoms with van der Waals surface area (Å²) in [7, 11) is 0. The highest BCUT2D eigenvalue weighted by Crippen LogP contribution is 2.29. The Kier molecular flexibility index (Phi) is 4.29. The van der Waals surface area contributed by atoms with Gasteiger partial charge in [-0.05, 0) is 36.4 Å². The number of hydrogen-bond acceptors (Lipinski definition) is 3. The molecule has 2 rings (SSSR count). The molecule has 3 N–H and O–H groups in total. The molecule has 98 valence electrons. The molecule has 0 radical (unpaired) electrons.